The van der Waals surface area contributed by atoms with E-state index < -0.39 is 0 Å². The van der Waals surface area contributed by atoms with Gasteiger partial charge in [-0.3, -0.25) is 14.5 Å². The highest BCUT2D eigenvalue weighted by Crippen LogP contribution is 2.33. The van der Waals surface area contributed by atoms with Crippen LogP contribution in [0.4, 0.5) is 0 Å². The van der Waals surface area contributed by atoms with Gasteiger partial charge in [0.15, 0.2) is 0 Å². The lowest BCUT2D eigenvalue weighted by atomic mass is 10.0. The molecule has 0 spiro atoms. The zero-order valence-electron chi connectivity index (χ0n) is 17.9. The van der Waals surface area contributed by atoms with Gasteiger partial charge in [0.25, 0.3) is 0 Å². The molecule has 2 heterocycles. The summed E-state index contributed by atoms with van der Waals surface area (Å²) >= 11 is 0. The van der Waals surface area contributed by atoms with Crippen molar-refractivity contribution in [2.24, 2.45) is 11.8 Å². The molecule has 1 unspecified atom stereocenters. The first kappa shape index (κ1) is 21.6. The van der Waals surface area contributed by atoms with Crippen LogP contribution in [0, 0.1) is 11.8 Å². The van der Waals surface area contributed by atoms with Crippen molar-refractivity contribution in [3.8, 4) is 0 Å². The Hall–Kier alpha value is -1.14. The minimum absolute atomic E-state index is 0.203. The van der Waals surface area contributed by atoms with E-state index in [9.17, 15) is 9.59 Å². The van der Waals surface area contributed by atoms with Crippen LogP contribution in [0.2, 0.25) is 0 Å². The van der Waals surface area contributed by atoms with Gasteiger partial charge < -0.3 is 14.5 Å². The molecule has 2 amide bonds. The lowest BCUT2D eigenvalue weighted by Crippen LogP contribution is -2.52. The van der Waals surface area contributed by atoms with Crippen molar-refractivity contribution < 1.29 is 14.3 Å². The molecule has 3 fully saturated rings. The first-order chi connectivity index (χ1) is 13.5. The Morgan fingerprint density at radius 2 is 1.86 bits per heavy atom. The molecule has 1 atom stereocenters. The molecular formula is C22H39N3O3. The van der Waals surface area contributed by atoms with Crippen LogP contribution >= 0.6 is 0 Å². The maximum absolute atomic E-state index is 13.0. The minimum Gasteiger partial charge on any atom is -0.379 e. The largest absolute Gasteiger partial charge is 0.379 e. The van der Waals surface area contributed by atoms with Crippen LogP contribution in [0.15, 0.2) is 0 Å². The molecule has 0 N–H and O–H groups in total. The smallest absolute Gasteiger partial charge is 0.225 e. The number of nitrogens with zero attached hydrogens (tertiary/aromatic N) is 3. The van der Waals surface area contributed by atoms with Crippen LogP contribution < -0.4 is 0 Å². The number of likely N-dealkylation sites (tertiary alicyclic amines) is 1. The van der Waals surface area contributed by atoms with Gasteiger partial charge in [0.1, 0.15) is 0 Å². The number of ether oxygens (including phenoxy) is 1. The van der Waals surface area contributed by atoms with E-state index in [2.05, 4.69) is 23.6 Å². The number of carbonyl (C=O) groups is 2. The number of morpholine rings is 1. The van der Waals surface area contributed by atoms with Gasteiger partial charge in [0.2, 0.25) is 11.8 Å². The normalized spacial score (nSPS) is 23.8. The SMILES string of the molecule is CC(C)CCC(=O)N1CCCC(N(CCCN2CCOCC2)C(=O)C2CC2)C1. The lowest BCUT2D eigenvalue weighted by Gasteiger charge is -2.40. The summed E-state index contributed by atoms with van der Waals surface area (Å²) < 4.78 is 5.43. The van der Waals surface area contributed by atoms with Gasteiger partial charge in [0, 0.05) is 57.6 Å². The number of hydrogen-bond acceptors (Lipinski definition) is 4. The van der Waals surface area contributed by atoms with Gasteiger partial charge in [-0.05, 0) is 44.4 Å². The van der Waals surface area contributed by atoms with Gasteiger partial charge >= 0.3 is 0 Å². The summed E-state index contributed by atoms with van der Waals surface area (Å²) in [6, 6.07) is 0.203. The van der Waals surface area contributed by atoms with Crippen molar-refractivity contribution in [3.63, 3.8) is 0 Å². The average Bonchev–Trinajstić information content (AvgIpc) is 3.55. The molecule has 1 saturated carbocycles. The maximum Gasteiger partial charge on any atom is 0.225 e. The Kier molecular flexibility index (Phi) is 8.15. The molecular weight excluding hydrogens is 354 g/mol. The third-order valence-electron chi connectivity index (χ3n) is 6.31. The van der Waals surface area contributed by atoms with Gasteiger partial charge in [-0.25, -0.2) is 0 Å². The molecule has 0 bridgehead atoms. The predicted octanol–water partition coefficient (Wildman–Crippen LogP) is 2.37. The van der Waals surface area contributed by atoms with E-state index in [1.165, 1.54) is 0 Å². The predicted molar refractivity (Wildman–Crippen MR) is 110 cm³/mol. The highest BCUT2D eigenvalue weighted by atomic mass is 16.5. The molecule has 3 aliphatic rings. The molecule has 6 heteroatoms. The summed E-state index contributed by atoms with van der Waals surface area (Å²) in [6.45, 7) is 11.4. The fourth-order valence-electron chi connectivity index (χ4n) is 4.33. The van der Waals surface area contributed by atoms with Crippen molar-refractivity contribution in [2.45, 2.75) is 64.8 Å². The number of amides is 2. The number of piperidine rings is 1. The molecule has 160 valence electrons. The van der Waals surface area contributed by atoms with Crippen molar-refractivity contribution in [2.75, 3.05) is 52.5 Å². The molecule has 0 aromatic carbocycles. The van der Waals surface area contributed by atoms with E-state index in [4.69, 9.17) is 4.74 Å². The quantitative estimate of drug-likeness (QED) is 0.604. The molecule has 2 saturated heterocycles. The molecule has 3 rings (SSSR count). The zero-order chi connectivity index (χ0) is 19.9. The summed E-state index contributed by atoms with van der Waals surface area (Å²) in [7, 11) is 0. The zero-order valence-corrected chi connectivity index (χ0v) is 17.9. The van der Waals surface area contributed by atoms with Crippen LogP contribution in [0.25, 0.3) is 0 Å². The van der Waals surface area contributed by atoms with Gasteiger partial charge in [-0.2, -0.15) is 0 Å². The van der Waals surface area contributed by atoms with E-state index in [-0.39, 0.29) is 17.9 Å². The van der Waals surface area contributed by atoms with E-state index in [1.54, 1.807) is 0 Å². The van der Waals surface area contributed by atoms with Crippen molar-refractivity contribution >= 4 is 11.8 Å². The van der Waals surface area contributed by atoms with Crippen LogP contribution in [0.3, 0.4) is 0 Å². The molecule has 0 aromatic rings. The third-order valence-corrected chi connectivity index (χ3v) is 6.31. The summed E-state index contributed by atoms with van der Waals surface area (Å²) in [5, 5.41) is 0. The Balaban J connectivity index is 1.52. The van der Waals surface area contributed by atoms with Crippen LogP contribution in [-0.2, 0) is 14.3 Å². The molecule has 0 aromatic heterocycles. The number of rotatable bonds is 9. The molecule has 2 aliphatic heterocycles. The summed E-state index contributed by atoms with van der Waals surface area (Å²) in [5.74, 6) is 1.40. The number of hydrogen-bond donors (Lipinski definition) is 0. The minimum atomic E-state index is 0.203. The van der Waals surface area contributed by atoms with Crippen LogP contribution in [0.1, 0.15) is 58.8 Å². The number of carbonyl (C=O) groups excluding carboxylic acids is 2. The Morgan fingerprint density at radius 3 is 2.54 bits per heavy atom. The van der Waals surface area contributed by atoms with Gasteiger partial charge in [-0.1, -0.05) is 13.8 Å². The van der Waals surface area contributed by atoms with Crippen molar-refractivity contribution in [3.05, 3.63) is 0 Å². The Bertz CT molecular complexity index is 515. The fourth-order valence-corrected chi connectivity index (χ4v) is 4.33. The van der Waals surface area contributed by atoms with E-state index in [0.29, 0.717) is 18.2 Å². The topological polar surface area (TPSA) is 53.1 Å². The second kappa shape index (κ2) is 10.6. The average molecular weight is 394 g/mol. The van der Waals surface area contributed by atoms with Gasteiger partial charge in [0.05, 0.1) is 13.2 Å². The molecule has 28 heavy (non-hydrogen) atoms. The first-order valence-electron chi connectivity index (χ1n) is 11.4. The summed E-state index contributed by atoms with van der Waals surface area (Å²) in [5.41, 5.74) is 0. The summed E-state index contributed by atoms with van der Waals surface area (Å²) in [6.07, 6.45) is 6.73. The first-order valence-corrected chi connectivity index (χ1v) is 11.4. The Morgan fingerprint density at radius 1 is 1.11 bits per heavy atom. The van der Waals surface area contributed by atoms with Crippen LogP contribution in [0.5, 0.6) is 0 Å². The maximum atomic E-state index is 13.0. The Labute approximate surface area is 170 Å². The monoisotopic (exact) mass is 393 g/mol. The highest BCUT2D eigenvalue weighted by molar-refractivity contribution is 5.81. The molecule has 6 nitrogen and oxygen atoms in total. The van der Waals surface area contributed by atoms with Crippen molar-refractivity contribution in [1.82, 2.24) is 14.7 Å². The van der Waals surface area contributed by atoms with Gasteiger partial charge in [-0.15, -0.1) is 0 Å². The second-order valence-corrected chi connectivity index (χ2v) is 9.18. The highest BCUT2D eigenvalue weighted by Gasteiger charge is 2.38. The van der Waals surface area contributed by atoms with E-state index in [1.807, 2.05) is 4.90 Å². The van der Waals surface area contributed by atoms with E-state index in [0.717, 1.165) is 91.0 Å². The fraction of sp³-hybridized carbons (Fsp3) is 0.909. The second-order valence-electron chi connectivity index (χ2n) is 9.18. The summed E-state index contributed by atoms with van der Waals surface area (Å²) in [4.78, 5) is 32.2. The molecule has 0 radical (unpaired) electrons. The van der Waals surface area contributed by atoms with Crippen molar-refractivity contribution in [1.29, 1.82) is 0 Å². The molecule has 1 aliphatic carbocycles. The third kappa shape index (κ3) is 6.45. The standard InChI is InChI=1S/C22H39N3O3/c1-18(2)6-9-21(26)24-11-3-5-20(17-24)25(22(27)19-7-8-19)12-4-10-23-13-15-28-16-14-23/h18-20H,3-17H2,1-2H3. The lowest BCUT2D eigenvalue weighted by molar-refractivity contribution is -0.140. The van der Waals surface area contributed by atoms with Crippen LogP contribution in [-0.4, -0.2) is 85.0 Å². The van der Waals surface area contributed by atoms with E-state index >= 15 is 0 Å².